The van der Waals surface area contributed by atoms with Gasteiger partial charge in [-0.1, -0.05) is 6.42 Å². The second kappa shape index (κ2) is 5.68. The van der Waals surface area contributed by atoms with Crippen molar-refractivity contribution >= 4 is 27.3 Å². The Balaban J connectivity index is 1.75. The molecule has 0 saturated carbocycles. The molecule has 0 spiro atoms. The topological polar surface area (TPSA) is 86.7 Å². The lowest BCUT2D eigenvalue weighted by Crippen LogP contribution is -2.46. The number of thiophene rings is 1. The zero-order valence-electron chi connectivity index (χ0n) is 11.5. The highest BCUT2D eigenvalue weighted by molar-refractivity contribution is 7.91. The van der Waals surface area contributed by atoms with Crippen LogP contribution in [-0.4, -0.2) is 49.6 Å². The van der Waals surface area contributed by atoms with E-state index in [1.54, 1.807) is 0 Å². The smallest absolute Gasteiger partial charge is 0.336 e. The molecule has 3 rings (SSSR count). The van der Waals surface area contributed by atoms with E-state index in [0.29, 0.717) is 0 Å². The van der Waals surface area contributed by atoms with Gasteiger partial charge >= 0.3 is 5.97 Å². The van der Waals surface area contributed by atoms with Gasteiger partial charge in [-0.15, -0.1) is 11.3 Å². The van der Waals surface area contributed by atoms with E-state index >= 15 is 0 Å². The summed E-state index contributed by atoms with van der Waals surface area (Å²) in [5, 5.41) is 10.2. The molecule has 2 saturated heterocycles. The fourth-order valence-electron chi connectivity index (χ4n) is 3.21. The van der Waals surface area contributed by atoms with Crippen LogP contribution in [0.4, 0.5) is 0 Å². The van der Waals surface area contributed by atoms with Crippen LogP contribution >= 0.6 is 11.3 Å². The number of carboxylic acids is 1. The first-order chi connectivity index (χ1) is 9.97. The maximum Gasteiger partial charge on any atom is 0.336 e. The van der Waals surface area contributed by atoms with Gasteiger partial charge in [-0.3, -0.25) is 4.90 Å². The first kappa shape index (κ1) is 15.0. The van der Waals surface area contributed by atoms with Crippen molar-refractivity contribution < 1.29 is 18.3 Å². The van der Waals surface area contributed by atoms with E-state index in [0.717, 1.165) is 43.7 Å². The van der Waals surface area contributed by atoms with Crippen molar-refractivity contribution in [2.75, 3.05) is 13.1 Å². The summed E-state index contributed by atoms with van der Waals surface area (Å²) in [7, 11) is -3.63. The van der Waals surface area contributed by atoms with E-state index in [9.17, 15) is 13.2 Å². The summed E-state index contributed by atoms with van der Waals surface area (Å²) in [6, 6.07) is 1.45. The number of carboxylic acid groups (broad SMARTS) is 1. The third kappa shape index (κ3) is 2.98. The summed E-state index contributed by atoms with van der Waals surface area (Å²) in [5.41, 5.74) is 0.0195. The number of sulfonamides is 1. The highest BCUT2D eigenvalue weighted by Crippen LogP contribution is 2.29. The third-order valence-corrected chi connectivity index (χ3v) is 7.18. The Labute approximate surface area is 127 Å². The number of carbonyl (C=O) groups is 1. The van der Waals surface area contributed by atoms with Crippen molar-refractivity contribution in [2.24, 2.45) is 0 Å². The third-order valence-electron chi connectivity index (χ3n) is 4.25. The Morgan fingerprint density at radius 1 is 1.33 bits per heavy atom. The van der Waals surface area contributed by atoms with E-state index in [1.165, 1.54) is 17.9 Å². The normalized spacial score (nSPS) is 26.7. The van der Waals surface area contributed by atoms with Gasteiger partial charge in [-0.05, 0) is 31.9 Å². The number of aromatic carboxylic acids is 1. The quantitative estimate of drug-likeness (QED) is 0.870. The molecule has 0 bridgehead atoms. The summed E-state index contributed by atoms with van der Waals surface area (Å²) in [4.78, 5) is 13.2. The molecule has 2 unspecified atom stereocenters. The van der Waals surface area contributed by atoms with Crippen LogP contribution in [0.25, 0.3) is 0 Å². The number of nitrogens with one attached hydrogen (secondary N) is 1. The van der Waals surface area contributed by atoms with Crippen LogP contribution in [0.15, 0.2) is 15.7 Å². The molecular weight excluding hydrogens is 312 g/mol. The van der Waals surface area contributed by atoms with Gasteiger partial charge in [-0.25, -0.2) is 17.9 Å². The maximum atomic E-state index is 12.4. The summed E-state index contributed by atoms with van der Waals surface area (Å²) in [6.07, 6.45) is 4.17. The van der Waals surface area contributed by atoms with Gasteiger partial charge < -0.3 is 5.11 Å². The molecule has 2 aliphatic rings. The average Bonchev–Trinajstić information content (AvgIpc) is 3.06. The van der Waals surface area contributed by atoms with Gasteiger partial charge in [0.15, 0.2) is 0 Å². The molecule has 6 nitrogen and oxygen atoms in total. The molecule has 0 aromatic carbocycles. The minimum Gasteiger partial charge on any atom is -0.478 e. The Morgan fingerprint density at radius 3 is 2.86 bits per heavy atom. The number of hydrogen-bond acceptors (Lipinski definition) is 5. The van der Waals surface area contributed by atoms with Crippen LogP contribution in [0.3, 0.4) is 0 Å². The predicted octanol–water partition coefficient (Wildman–Crippen LogP) is 1.35. The van der Waals surface area contributed by atoms with Gasteiger partial charge in [0.25, 0.3) is 0 Å². The molecule has 2 atom stereocenters. The van der Waals surface area contributed by atoms with Crippen molar-refractivity contribution in [3.8, 4) is 0 Å². The van der Waals surface area contributed by atoms with Crippen molar-refractivity contribution in [1.29, 1.82) is 0 Å². The first-order valence-electron chi connectivity index (χ1n) is 7.05. The Kier molecular flexibility index (Phi) is 4.04. The second-order valence-corrected chi connectivity index (χ2v) is 8.43. The van der Waals surface area contributed by atoms with Gasteiger partial charge in [0.2, 0.25) is 10.0 Å². The number of hydrogen-bond donors (Lipinski definition) is 2. The largest absolute Gasteiger partial charge is 0.478 e. The minimum atomic E-state index is -3.63. The first-order valence-corrected chi connectivity index (χ1v) is 9.42. The Hall–Kier alpha value is -0.960. The van der Waals surface area contributed by atoms with E-state index in [1.807, 2.05) is 0 Å². The monoisotopic (exact) mass is 330 g/mol. The standard InChI is InChI=1S/C13H18N2O4S2/c16-13(17)9-7-12(20-8-9)21(18,19)14-10-4-6-15-5-2-1-3-11(10)15/h7-8,10-11,14H,1-6H2,(H,16,17). The van der Waals surface area contributed by atoms with Gasteiger partial charge in [0.1, 0.15) is 4.21 Å². The Bertz CT molecular complexity index is 640. The molecule has 2 fully saturated rings. The molecule has 0 amide bonds. The van der Waals surface area contributed by atoms with Gasteiger partial charge in [0, 0.05) is 24.0 Å². The highest BCUT2D eigenvalue weighted by atomic mass is 32.2. The summed E-state index contributed by atoms with van der Waals surface area (Å²) in [6.45, 7) is 1.98. The fourth-order valence-corrected chi connectivity index (χ4v) is 5.69. The molecule has 3 heterocycles. The fraction of sp³-hybridized carbons (Fsp3) is 0.615. The SMILES string of the molecule is O=C(O)c1csc(S(=O)(=O)NC2CCN3CCCCC23)c1. The van der Waals surface area contributed by atoms with E-state index in [2.05, 4.69) is 9.62 Å². The van der Waals surface area contributed by atoms with Crippen LogP contribution < -0.4 is 4.72 Å². The Morgan fingerprint density at radius 2 is 2.14 bits per heavy atom. The second-order valence-electron chi connectivity index (χ2n) is 5.58. The molecule has 0 aliphatic carbocycles. The van der Waals surface area contributed by atoms with E-state index in [4.69, 9.17) is 5.11 Å². The number of piperidine rings is 1. The van der Waals surface area contributed by atoms with E-state index < -0.39 is 16.0 Å². The lowest BCUT2D eigenvalue weighted by molar-refractivity contribution is 0.0697. The molecule has 116 valence electrons. The summed E-state index contributed by atoms with van der Waals surface area (Å²) < 4.78 is 27.6. The van der Waals surface area contributed by atoms with Gasteiger partial charge in [-0.2, -0.15) is 0 Å². The molecule has 21 heavy (non-hydrogen) atoms. The van der Waals surface area contributed by atoms with Crippen molar-refractivity contribution in [1.82, 2.24) is 9.62 Å². The number of nitrogens with zero attached hydrogens (tertiary/aromatic N) is 1. The molecule has 2 N–H and O–H groups in total. The predicted molar refractivity (Wildman–Crippen MR) is 79.2 cm³/mol. The zero-order valence-corrected chi connectivity index (χ0v) is 13.1. The summed E-state index contributed by atoms with van der Waals surface area (Å²) in [5.74, 6) is -1.10. The van der Waals surface area contributed by atoms with Crippen LogP contribution in [-0.2, 0) is 10.0 Å². The van der Waals surface area contributed by atoms with Crippen molar-refractivity contribution in [3.05, 3.63) is 17.0 Å². The lowest BCUT2D eigenvalue weighted by Gasteiger charge is -2.32. The lowest BCUT2D eigenvalue weighted by atomic mass is 10.00. The van der Waals surface area contributed by atoms with Crippen LogP contribution in [0.5, 0.6) is 0 Å². The van der Waals surface area contributed by atoms with Crippen molar-refractivity contribution in [2.45, 2.75) is 42.0 Å². The molecule has 8 heteroatoms. The average molecular weight is 330 g/mol. The number of rotatable bonds is 4. The van der Waals surface area contributed by atoms with E-state index in [-0.39, 0.29) is 21.9 Å². The van der Waals surface area contributed by atoms with Crippen LogP contribution in [0.2, 0.25) is 0 Å². The molecule has 1 aromatic heterocycles. The maximum absolute atomic E-state index is 12.4. The highest BCUT2D eigenvalue weighted by Gasteiger charge is 2.38. The molecular formula is C13H18N2O4S2. The molecule has 0 radical (unpaired) electrons. The van der Waals surface area contributed by atoms with Crippen LogP contribution in [0, 0.1) is 0 Å². The number of fused-ring (bicyclic) bond motifs is 1. The van der Waals surface area contributed by atoms with Crippen LogP contribution in [0.1, 0.15) is 36.0 Å². The van der Waals surface area contributed by atoms with Crippen molar-refractivity contribution in [3.63, 3.8) is 0 Å². The minimum absolute atomic E-state index is 0.0195. The van der Waals surface area contributed by atoms with Gasteiger partial charge in [0.05, 0.1) is 5.56 Å². The molecule has 1 aromatic rings. The zero-order chi connectivity index (χ0) is 15.0. The molecule has 2 aliphatic heterocycles. The summed E-state index contributed by atoms with van der Waals surface area (Å²) >= 11 is 0.953.